The van der Waals surface area contributed by atoms with Crippen molar-refractivity contribution >= 4 is 23.2 Å². The second-order valence-electron chi connectivity index (χ2n) is 12.3. The van der Waals surface area contributed by atoms with Gasteiger partial charge in [-0.3, -0.25) is 4.79 Å². The first-order valence-corrected chi connectivity index (χ1v) is 14.5. The Morgan fingerprint density at radius 2 is 1.93 bits per heavy atom. The molecule has 1 amide bonds. The normalized spacial score (nSPS) is 23.8. The number of aromatic nitrogens is 2. The van der Waals surface area contributed by atoms with Crippen molar-refractivity contribution < 1.29 is 28.2 Å². The third-order valence-electron chi connectivity index (χ3n) is 8.31. The molecule has 1 aromatic heterocycles. The van der Waals surface area contributed by atoms with Gasteiger partial charge in [-0.05, 0) is 42.7 Å². The predicted octanol–water partition coefficient (Wildman–Crippen LogP) is 5.49. The van der Waals surface area contributed by atoms with E-state index in [4.69, 9.17) is 24.2 Å². The molecule has 0 bridgehead atoms. The summed E-state index contributed by atoms with van der Waals surface area (Å²) < 4.78 is 33.9. The van der Waals surface area contributed by atoms with Gasteiger partial charge in [-0.15, -0.1) is 0 Å². The maximum Gasteiger partial charge on any atom is 0.253 e. The van der Waals surface area contributed by atoms with Crippen LogP contribution in [0.4, 0.5) is 4.39 Å². The number of ether oxygens (including phenoxy) is 3. The standard InChI is InChI=1S/C31H44FN3O5/c1-7-31(32)25(19-36)35(29(37)27(39-6)30(2,3)4)18-26(31)40-28-23(12-10-8-9-11-20-13-14-20)33-22-16-15-21(38-5)17-24(22)34-28/h15-17,19-20,25-27H,7-14,18H2,1-6H3/t25?,26-,27+,31+/m0/s1. The molecule has 0 N–H and O–H groups in total. The summed E-state index contributed by atoms with van der Waals surface area (Å²) in [4.78, 5) is 36.7. The van der Waals surface area contributed by atoms with Crippen molar-refractivity contribution in [2.45, 2.75) is 103 Å². The summed E-state index contributed by atoms with van der Waals surface area (Å²) in [6.45, 7) is 7.18. The van der Waals surface area contributed by atoms with Crippen LogP contribution in [0.25, 0.3) is 11.0 Å². The minimum Gasteiger partial charge on any atom is -0.497 e. The number of halogens is 1. The van der Waals surface area contributed by atoms with Crippen LogP contribution in [0.15, 0.2) is 18.2 Å². The Morgan fingerprint density at radius 1 is 1.18 bits per heavy atom. The Hall–Kier alpha value is -2.81. The number of nitrogens with zero attached hydrogens (tertiary/aromatic N) is 3. The first-order chi connectivity index (χ1) is 19.0. The molecule has 4 rings (SSSR count). The lowest BCUT2D eigenvalue weighted by atomic mass is 9.87. The largest absolute Gasteiger partial charge is 0.497 e. The van der Waals surface area contributed by atoms with E-state index in [0.29, 0.717) is 35.2 Å². The molecule has 1 unspecified atom stereocenters. The Labute approximate surface area is 237 Å². The number of aldehydes is 1. The van der Waals surface area contributed by atoms with Crippen LogP contribution in [0.1, 0.15) is 78.3 Å². The van der Waals surface area contributed by atoms with Crippen LogP contribution in [0.3, 0.4) is 0 Å². The lowest BCUT2D eigenvalue weighted by Crippen LogP contribution is -2.52. The van der Waals surface area contributed by atoms with Gasteiger partial charge in [0, 0.05) is 13.2 Å². The van der Waals surface area contributed by atoms with E-state index in [2.05, 4.69) is 0 Å². The maximum atomic E-state index is 16.7. The summed E-state index contributed by atoms with van der Waals surface area (Å²) in [5, 5.41) is 0. The molecule has 2 aliphatic rings. The fraction of sp³-hybridized carbons (Fsp3) is 0.677. The van der Waals surface area contributed by atoms with Crippen LogP contribution in [0.2, 0.25) is 0 Å². The molecule has 1 saturated carbocycles. The number of amides is 1. The number of rotatable bonds is 13. The van der Waals surface area contributed by atoms with Gasteiger partial charge in [0.1, 0.15) is 29.9 Å². The molecular formula is C31H44FN3O5. The molecule has 4 atom stereocenters. The monoisotopic (exact) mass is 557 g/mol. The smallest absolute Gasteiger partial charge is 0.253 e. The Balaban J connectivity index is 1.63. The molecule has 40 heavy (non-hydrogen) atoms. The zero-order valence-electron chi connectivity index (χ0n) is 24.7. The van der Waals surface area contributed by atoms with E-state index in [9.17, 15) is 9.59 Å². The van der Waals surface area contributed by atoms with Crippen LogP contribution in [0.5, 0.6) is 11.6 Å². The van der Waals surface area contributed by atoms with Gasteiger partial charge in [0.2, 0.25) is 5.88 Å². The highest BCUT2D eigenvalue weighted by atomic mass is 19.1. The van der Waals surface area contributed by atoms with Crippen LogP contribution in [0, 0.1) is 11.3 Å². The third-order valence-corrected chi connectivity index (χ3v) is 8.31. The van der Waals surface area contributed by atoms with Gasteiger partial charge in [-0.25, -0.2) is 14.4 Å². The van der Waals surface area contributed by atoms with Crippen LogP contribution in [-0.4, -0.2) is 71.7 Å². The fourth-order valence-corrected chi connectivity index (χ4v) is 5.74. The van der Waals surface area contributed by atoms with Crippen molar-refractivity contribution in [2.24, 2.45) is 11.3 Å². The van der Waals surface area contributed by atoms with E-state index in [1.54, 1.807) is 20.1 Å². The van der Waals surface area contributed by atoms with Crippen LogP contribution >= 0.6 is 0 Å². The van der Waals surface area contributed by atoms with Crippen LogP contribution < -0.4 is 9.47 Å². The minimum absolute atomic E-state index is 0.0106. The van der Waals surface area contributed by atoms with Gasteiger partial charge in [0.05, 0.1) is 24.7 Å². The van der Waals surface area contributed by atoms with E-state index < -0.39 is 35.2 Å². The van der Waals surface area contributed by atoms with Crippen molar-refractivity contribution in [3.05, 3.63) is 23.9 Å². The number of carbonyl (C=O) groups excluding carboxylic acids is 2. The summed E-state index contributed by atoms with van der Waals surface area (Å²) in [5.74, 6) is 1.33. The highest BCUT2D eigenvalue weighted by Crippen LogP contribution is 2.40. The van der Waals surface area contributed by atoms with E-state index in [0.717, 1.165) is 18.8 Å². The molecule has 8 nitrogen and oxygen atoms in total. The summed E-state index contributed by atoms with van der Waals surface area (Å²) in [7, 11) is 3.03. The summed E-state index contributed by atoms with van der Waals surface area (Å²) in [6, 6.07) is 4.15. The molecule has 2 fully saturated rings. The quantitative estimate of drug-likeness (QED) is 0.238. The predicted molar refractivity (Wildman–Crippen MR) is 151 cm³/mol. The molecule has 1 saturated heterocycles. The average Bonchev–Trinajstić information content (AvgIpc) is 3.70. The van der Waals surface area contributed by atoms with Crippen molar-refractivity contribution in [1.82, 2.24) is 14.9 Å². The highest BCUT2D eigenvalue weighted by molar-refractivity contribution is 5.86. The lowest BCUT2D eigenvalue weighted by molar-refractivity contribution is -0.152. The summed E-state index contributed by atoms with van der Waals surface area (Å²) >= 11 is 0. The molecule has 220 valence electrons. The Morgan fingerprint density at radius 3 is 2.52 bits per heavy atom. The lowest BCUT2D eigenvalue weighted by Gasteiger charge is -2.34. The number of hydrogen-bond acceptors (Lipinski definition) is 7. The fourth-order valence-electron chi connectivity index (χ4n) is 5.74. The Bertz CT molecular complexity index is 1200. The third kappa shape index (κ3) is 6.40. The summed E-state index contributed by atoms with van der Waals surface area (Å²) in [6.07, 6.45) is 6.35. The molecule has 2 aromatic rings. The van der Waals surface area contributed by atoms with Gasteiger partial charge in [0.25, 0.3) is 5.91 Å². The van der Waals surface area contributed by atoms with Crippen molar-refractivity contribution in [3.63, 3.8) is 0 Å². The number of fused-ring (bicyclic) bond motifs is 1. The first-order valence-electron chi connectivity index (χ1n) is 14.5. The molecule has 1 aliphatic carbocycles. The van der Waals surface area contributed by atoms with Crippen molar-refractivity contribution in [3.8, 4) is 11.6 Å². The number of hydrogen-bond donors (Lipinski definition) is 0. The molecule has 9 heteroatoms. The van der Waals surface area contributed by atoms with Crippen molar-refractivity contribution in [2.75, 3.05) is 20.8 Å². The van der Waals surface area contributed by atoms with E-state index in [1.807, 2.05) is 32.9 Å². The van der Waals surface area contributed by atoms with Gasteiger partial charge < -0.3 is 23.9 Å². The van der Waals surface area contributed by atoms with Gasteiger partial charge in [-0.1, -0.05) is 59.8 Å². The van der Waals surface area contributed by atoms with Crippen molar-refractivity contribution in [1.29, 1.82) is 0 Å². The number of likely N-dealkylation sites (tertiary alicyclic amines) is 1. The molecule has 0 spiro atoms. The Kier molecular flexibility index (Phi) is 9.33. The number of unbranched alkanes of at least 4 members (excludes halogenated alkanes) is 2. The van der Waals surface area contributed by atoms with Gasteiger partial charge >= 0.3 is 0 Å². The molecular weight excluding hydrogens is 513 g/mol. The topological polar surface area (TPSA) is 90.9 Å². The van der Waals surface area contributed by atoms with E-state index in [1.165, 1.54) is 37.7 Å². The number of carbonyl (C=O) groups is 2. The van der Waals surface area contributed by atoms with Gasteiger partial charge in [0.15, 0.2) is 11.8 Å². The van der Waals surface area contributed by atoms with E-state index >= 15 is 4.39 Å². The first kappa shape index (κ1) is 30.2. The maximum absolute atomic E-state index is 16.7. The second-order valence-corrected chi connectivity index (χ2v) is 12.3. The number of aryl methyl sites for hydroxylation is 1. The molecule has 0 radical (unpaired) electrons. The highest BCUT2D eigenvalue weighted by Gasteiger charge is 2.58. The summed E-state index contributed by atoms with van der Waals surface area (Å²) in [5.41, 5.74) is -0.721. The number of methoxy groups -OCH3 is 2. The second kappa shape index (κ2) is 12.4. The van der Waals surface area contributed by atoms with E-state index in [-0.39, 0.29) is 18.8 Å². The zero-order valence-corrected chi connectivity index (χ0v) is 24.7. The van der Waals surface area contributed by atoms with Gasteiger partial charge in [-0.2, -0.15) is 0 Å². The molecule has 1 aromatic carbocycles. The molecule has 1 aliphatic heterocycles. The number of alkyl halides is 1. The zero-order chi connectivity index (χ0) is 29.1. The molecule has 2 heterocycles. The van der Waals surface area contributed by atoms with Crippen LogP contribution in [-0.2, 0) is 20.7 Å². The SMILES string of the molecule is CC[C@@]1(F)C(C=O)N(C(=O)[C@@H](OC)C(C)(C)C)C[C@@H]1Oc1nc2cc(OC)ccc2nc1CCCCCC1CC1. The number of benzene rings is 1. The minimum atomic E-state index is -2.10. The average molecular weight is 558 g/mol.